The van der Waals surface area contributed by atoms with Gasteiger partial charge < -0.3 is 15.7 Å². The van der Waals surface area contributed by atoms with Crippen molar-refractivity contribution < 1.29 is 9.90 Å². The zero-order valence-corrected chi connectivity index (χ0v) is 11.9. The molecule has 2 amide bonds. The van der Waals surface area contributed by atoms with Crippen LogP contribution in [0, 0.1) is 5.92 Å². The Hall–Kier alpha value is -1.62. The average Bonchev–Trinajstić information content (AvgIpc) is 2.49. The molecular weight excluding hydrogens is 254 g/mol. The number of amides is 2. The summed E-state index contributed by atoms with van der Waals surface area (Å²) in [5, 5.41) is 15.4. The van der Waals surface area contributed by atoms with Crippen LogP contribution >= 0.6 is 0 Å². The number of carbonyl (C=O) groups excluding carboxylic acids is 1. The fraction of sp³-hybridized carbons (Fsp3) is 0.600. The number of nitrogens with zero attached hydrogens (tertiary/aromatic N) is 1. The highest BCUT2D eigenvalue weighted by molar-refractivity contribution is 5.89. The number of anilines is 1. The van der Waals surface area contributed by atoms with Crippen LogP contribution in [0.5, 0.6) is 0 Å². The van der Waals surface area contributed by atoms with Crippen molar-refractivity contribution in [2.75, 3.05) is 11.9 Å². The summed E-state index contributed by atoms with van der Waals surface area (Å²) in [5.41, 5.74) is 0.0844. The van der Waals surface area contributed by atoms with Crippen LogP contribution in [0.1, 0.15) is 39.0 Å². The lowest BCUT2D eigenvalue weighted by Crippen LogP contribution is -2.55. The van der Waals surface area contributed by atoms with E-state index in [9.17, 15) is 9.90 Å². The maximum atomic E-state index is 12.1. The van der Waals surface area contributed by atoms with Gasteiger partial charge in [-0.2, -0.15) is 0 Å². The van der Waals surface area contributed by atoms with Crippen LogP contribution in [0.2, 0.25) is 0 Å². The SMILES string of the molecule is C[C@](CO)(NC(=O)Nc1cccnc1)C1CCCCC1. The number of carbonyl (C=O) groups is 1. The van der Waals surface area contributed by atoms with Crippen LogP contribution in [0.15, 0.2) is 24.5 Å². The Kier molecular flexibility index (Phi) is 4.95. The molecule has 1 heterocycles. The van der Waals surface area contributed by atoms with Gasteiger partial charge in [0.15, 0.2) is 0 Å². The third kappa shape index (κ3) is 3.70. The van der Waals surface area contributed by atoms with Crippen molar-refractivity contribution in [2.24, 2.45) is 5.92 Å². The molecule has 0 unspecified atom stereocenters. The quantitative estimate of drug-likeness (QED) is 0.791. The lowest BCUT2D eigenvalue weighted by atomic mass is 9.76. The molecule has 1 atom stereocenters. The number of aromatic nitrogens is 1. The first-order valence-electron chi connectivity index (χ1n) is 7.24. The van der Waals surface area contributed by atoms with Crippen LogP contribution in [-0.2, 0) is 0 Å². The third-order valence-corrected chi connectivity index (χ3v) is 4.15. The molecule has 5 nitrogen and oxygen atoms in total. The van der Waals surface area contributed by atoms with Crippen molar-refractivity contribution in [1.82, 2.24) is 10.3 Å². The predicted molar refractivity (Wildman–Crippen MR) is 78.5 cm³/mol. The third-order valence-electron chi connectivity index (χ3n) is 4.15. The molecule has 0 radical (unpaired) electrons. The van der Waals surface area contributed by atoms with Gasteiger partial charge in [0.05, 0.1) is 24.0 Å². The number of urea groups is 1. The summed E-state index contributed by atoms with van der Waals surface area (Å²) in [5.74, 6) is 0.334. The van der Waals surface area contributed by atoms with Gasteiger partial charge in [-0.15, -0.1) is 0 Å². The number of hydrogen-bond acceptors (Lipinski definition) is 3. The zero-order valence-electron chi connectivity index (χ0n) is 11.9. The van der Waals surface area contributed by atoms with Gasteiger partial charge in [0.25, 0.3) is 0 Å². The van der Waals surface area contributed by atoms with Gasteiger partial charge in [0, 0.05) is 6.20 Å². The molecule has 0 spiro atoms. The average molecular weight is 277 g/mol. The van der Waals surface area contributed by atoms with Crippen LogP contribution in [0.25, 0.3) is 0 Å². The Labute approximate surface area is 119 Å². The molecule has 20 heavy (non-hydrogen) atoms. The fourth-order valence-corrected chi connectivity index (χ4v) is 2.87. The van der Waals surface area contributed by atoms with Gasteiger partial charge in [-0.3, -0.25) is 4.98 Å². The van der Waals surface area contributed by atoms with E-state index in [1.807, 2.05) is 6.92 Å². The number of hydrogen-bond donors (Lipinski definition) is 3. The lowest BCUT2D eigenvalue weighted by molar-refractivity contribution is 0.103. The predicted octanol–water partition coefficient (Wildman–Crippen LogP) is 2.53. The Morgan fingerprint density at radius 1 is 1.45 bits per heavy atom. The summed E-state index contributed by atoms with van der Waals surface area (Å²) in [6, 6.07) is 3.26. The number of aliphatic hydroxyl groups is 1. The molecular formula is C15H23N3O2. The summed E-state index contributed by atoms with van der Waals surface area (Å²) >= 11 is 0. The second-order valence-electron chi connectivity index (χ2n) is 5.73. The minimum Gasteiger partial charge on any atom is -0.394 e. The molecule has 1 aromatic heterocycles. The maximum Gasteiger partial charge on any atom is 0.319 e. The van der Waals surface area contributed by atoms with Gasteiger partial charge in [0.2, 0.25) is 0 Å². The lowest BCUT2D eigenvalue weighted by Gasteiger charge is -2.39. The van der Waals surface area contributed by atoms with Crippen LogP contribution in [0.3, 0.4) is 0 Å². The molecule has 1 fully saturated rings. The number of nitrogens with one attached hydrogen (secondary N) is 2. The van der Waals surface area contributed by atoms with Gasteiger partial charge in [-0.05, 0) is 37.8 Å². The van der Waals surface area contributed by atoms with E-state index in [2.05, 4.69) is 15.6 Å². The highest BCUT2D eigenvalue weighted by Crippen LogP contribution is 2.32. The van der Waals surface area contributed by atoms with E-state index in [-0.39, 0.29) is 12.6 Å². The molecule has 1 saturated carbocycles. The summed E-state index contributed by atoms with van der Waals surface area (Å²) in [4.78, 5) is 16.0. The minimum absolute atomic E-state index is 0.0435. The molecule has 0 aliphatic heterocycles. The highest BCUT2D eigenvalue weighted by atomic mass is 16.3. The van der Waals surface area contributed by atoms with Gasteiger partial charge in [-0.25, -0.2) is 4.79 Å². The van der Waals surface area contributed by atoms with E-state index in [1.165, 1.54) is 19.3 Å². The fourth-order valence-electron chi connectivity index (χ4n) is 2.87. The van der Waals surface area contributed by atoms with Crippen molar-refractivity contribution >= 4 is 11.7 Å². The van der Waals surface area contributed by atoms with E-state index in [0.29, 0.717) is 11.6 Å². The first-order valence-corrected chi connectivity index (χ1v) is 7.24. The van der Waals surface area contributed by atoms with E-state index in [0.717, 1.165) is 12.8 Å². The van der Waals surface area contributed by atoms with Crippen molar-refractivity contribution in [3.63, 3.8) is 0 Å². The second kappa shape index (κ2) is 6.70. The first kappa shape index (κ1) is 14.8. The van der Waals surface area contributed by atoms with Crippen molar-refractivity contribution in [3.05, 3.63) is 24.5 Å². The smallest absolute Gasteiger partial charge is 0.319 e. The Bertz CT molecular complexity index is 432. The molecule has 3 N–H and O–H groups in total. The summed E-state index contributed by atoms with van der Waals surface area (Å²) in [7, 11) is 0. The zero-order chi connectivity index (χ0) is 14.4. The first-order chi connectivity index (χ1) is 9.64. The highest BCUT2D eigenvalue weighted by Gasteiger charge is 2.35. The van der Waals surface area contributed by atoms with Gasteiger partial charge >= 0.3 is 6.03 Å². The Morgan fingerprint density at radius 2 is 2.20 bits per heavy atom. The van der Waals surface area contributed by atoms with Crippen molar-refractivity contribution in [1.29, 1.82) is 0 Å². The molecule has 110 valence electrons. The minimum atomic E-state index is -0.563. The number of aliphatic hydroxyl groups excluding tert-OH is 1. The maximum absolute atomic E-state index is 12.1. The van der Waals surface area contributed by atoms with Crippen molar-refractivity contribution in [2.45, 2.75) is 44.6 Å². The molecule has 0 aromatic carbocycles. The molecule has 5 heteroatoms. The second-order valence-corrected chi connectivity index (χ2v) is 5.73. The number of pyridine rings is 1. The monoisotopic (exact) mass is 277 g/mol. The molecule has 1 aromatic rings. The molecule has 1 aliphatic rings. The molecule has 0 bridgehead atoms. The van der Waals surface area contributed by atoms with Crippen molar-refractivity contribution in [3.8, 4) is 0 Å². The Balaban J connectivity index is 1.96. The number of rotatable bonds is 4. The summed E-state index contributed by atoms with van der Waals surface area (Å²) < 4.78 is 0. The topological polar surface area (TPSA) is 74.2 Å². The largest absolute Gasteiger partial charge is 0.394 e. The van der Waals surface area contributed by atoms with Gasteiger partial charge in [-0.1, -0.05) is 19.3 Å². The van der Waals surface area contributed by atoms with Crippen LogP contribution in [-0.4, -0.2) is 28.3 Å². The van der Waals surface area contributed by atoms with Crippen LogP contribution < -0.4 is 10.6 Å². The van der Waals surface area contributed by atoms with E-state index in [4.69, 9.17) is 0 Å². The Morgan fingerprint density at radius 3 is 2.80 bits per heavy atom. The standard InChI is InChI=1S/C15H23N3O2/c1-15(11-19,12-6-3-2-4-7-12)18-14(20)17-13-8-5-9-16-10-13/h5,8-10,12,19H,2-4,6-7,11H2,1H3,(H2,17,18,20)/t15-/m1/s1. The molecule has 0 saturated heterocycles. The van der Waals surface area contributed by atoms with E-state index >= 15 is 0 Å². The molecule has 1 aliphatic carbocycles. The van der Waals surface area contributed by atoms with Crippen LogP contribution in [0.4, 0.5) is 10.5 Å². The normalized spacial score (nSPS) is 19.1. The summed E-state index contributed by atoms with van der Waals surface area (Å²) in [6.45, 7) is 1.88. The molecule has 2 rings (SSSR count). The van der Waals surface area contributed by atoms with E-state index in [1.54, 1.807) is 24.5 Å². The summed E-state index contributed by atoms with van der Waals surface area (Å²) in [6.07, 6.45) is 8.96. The van der Waals surface area contributed by atoms with Gasteiger partial charge in [0.1, 0.15) is 0 Å². The van der Waals surface area contributed by atoms with E-state index < -0.39 is 5.54 Å².